The zero-order valence-corrected chi connectivity index (χ0v) is 62.7. The van der Waals surface area contributed by atoms with Crippen LogP contribution in [0.3, 0.4) is 0 Å². The van der Waals surface area contributed by atoms with Gasteiger partial charge in [0.2, 0.25) is 0 Å². The number of aliphatic hydroxyl groups is 1. The highest BCUT2D eigenvalue weighted by Gasteiger charge is 2.30. The van der Waals surface area contributed by atoms with Crippen LogP contribution in [0.25, 0.3) is 0 Å². The fourth-order valence-electron chi connectivity index (χ4n) is 9.56. The van der Waals surface area contributed by atoms with Gasteiger partial charge in [-0.3, -0.25) is 37.3 Å². The SMILES string of the molecule is CC/C=C\C/C=C\C/C=C\C/C=C\C/C=C\C/C=C\CCC(=O)OCC(COP(=O)(O)OCC(O)COP(=O)(O)OCC(COC(=O)CCCCCCCCCCCCCCC)OC(=O)CCCCCCCCCCCCC)OC(=O)C/C=C\C/C=C\C/C=C\C/C=C\C/C=C\CC. The summed E-state index contributed by atoms with van der Waals surface area (Å²) in [5, 5.41) is 10.6. The number of phosphoric ester groups is 2. The van der Waals surface area contributed by atoms with Crippen molar-refractivity contribution in [3.05, 3.63) is 134 Å². The molecule has 19 heteroatoms. The van der Waals surface area contributed by atoms with Crippen molar-refractivity contribution in [2.24, 2.45) is 0 Å². The summed E-state index contributed by atoms with van der Waals surface area (Å²) < 4.78 is 68.1. The summed E-state index contributed by atoms with van der Waals surface area (Å²) in [6.07, 6.45) is 77.9. The Morgan fingerprint density at radius 3 is 0.908 bits per heavy atom. The number of allylic oxidation sites excluding steroid dienone is 21. The lowest BCUT2D eigenvalue weighted by Gasteiger charge is -2.21. The van der Waals surface area contributed by atoms with Crippen molar-refractivity contribution < 1.29 is 80.2 Å². The molecule has 0 spiro atoms. The Balaban J connectivity index is 5.46. The number of hydrogen-bond acceptors (Lipinski definition) is 15. The fraction of sp³-hybridized carbons (Fsp3) is 0.671. The molecule has 5 atom stereocenters. The average Bonchev–Trinajstić information content (AvgIpc) is 0.992. The highest BCUT2D eigenvalue weighted by atomic mass is 31.2. The summed E-state index contributed by atoms with van der Waals surface area (Å²) in [6, 6.07) is 0. The Bertz CT molecular complexity index is 2380. The first-order valence-electron chi connectivity index (χ1n) is 37.4. The Morgan fingerprint density at radius 1 is 0.306 bits per heavy atom. The van der Waals surface area contributed by atoms with Gasteiger partial charge in [0.1, 0.15) is 19.3 Å². The number of phosphoric acid groups is 2. The van der Waals surface area contributed by atoms with Gasteiger partial charge < -0.3 is 33.8 Å². The largest absolute Gasteiger partial charge is 0.472 e. The molecular weight excluding hydrogens is 1280 g/mol. The number of carbonyl (C=O) groups excluding carboxylic acids is 4. The van der Waals surface area contributed by atoms with Crippen LogP contribution in [0.4, 0.5) is 0 Å². The second-order valence-electron chi connectivity index (χ2n) is 24.5. The topological polar surface area (TPSA) is 237 Å². The number of aliphatic hydroxyl groups excluding tert-OH is 1. The predicted molar refractivity (Wildman–Crippen MR) is 399 cm³/mol. The maximum absolute atomic E-state index is 13.0. The van der Waals surface area contributed by atoms with Gasteiger partial charge in [-0.25, -0.2) is 9.13 Å². The van der Waals surface area contributed by atoms with Crippen molar-refractivity contribution in [2.45, 2.75) is 303 Å². The highest BCUT2D eigenvalue weighted by molar-refractivity contribution is 7.47. The Hall–Kier alpha value is -4.80. The number of hydrogen-bond donors (Lipinski definition) is 3. The summed E-state index contributed by atoms with van der Waals surface area (Å²) >= 11 is 0. The summed E-state index contributed by atoms with van der Waals surface area (Å²) in [5.74, 6) is -2.42. The molecule has 5 unspecified atom stereocenters. The van der Waals surface area contributed by atoms with Crippen molar-refractivity contribution in [1.82, 2.24) is 0 Å². The van der Waals surface area contributed by atoms with Crippen LogP contribution in [0.2, 0.25) is 0 Å². The number of ether oxygens (including phenoxy) is 4. The molecule has 0 aliphatic rings. The third kappa shape index (κ3) is 69.7. The first-order valence-corrected chi connectivity index (χ1v) is 40.4. The van der Waals surface area contributed by atoms with Crippen molar-refractivity contribution in [2.75, 3.05) is 39.6 Å². The molecule has 0 amide bonds. The van der Waals surface area contributed by atoms with Crippen LogP contribution < -0.4 is 0 Å². The lowest BCUT2D eigenvalue weighted by atomic mass is 10.0. The van der Waals surface area contributed by atoms with Crippen LogP contribution in [-0.2, 0) is 65.4 Å². The van der Waals surface area contributed by atoms with Gasteiger partial charge in [0.15, 0.2) is 12.2 Å². The van der Waals surface area contributed by atoms with Crippen molar-refractivity contribution in [3.8, 4) is 0 Å². The van der Waals surface area contributed by atoms with Crippen LogP contribution in [0.1, 0.15) is 285 Å². The number of unbranched alkanes of at least 4 members (excludes halogenated alkanes) is 22. The molecule has 0 heterocycles. The molecule has 0 bridgehead atoms. The molecule has 98 heavy (non-hydrogen) atoms. The van der Waals surface area contributed by atoms with Crippen LogP contribution in [0.15, 0.2) is 134 Å². The van der Waals surface area contributed by atoms with Gasteiger partial charge in [-0.1, -0.05) is 303 Å². The van der Waals surface area contributed by atoms with Gasteiger partial charge in [-0.15, -0.1) is 0 Å². The summed E-state index contributed by atoms with van der Waals surface area (Å²) in [4.78, 5) is 72.6. The molecule has 17 nitrogen and oxygen atoms in total. The van der Waals surface area contributed by atoms with Crippen LogP contribution in [-0.4, -0.2) is 96.7 Å². The van der Waals surface area contributed by atoms with Crippen LogP contribution in [0.5, 0.6) is 0 Å². The van der Waals surface area contributed by atoms with E-state index in [1.807, 2.05) is 30.4 Å². The molecule has 0 aliphatic carbocycles. The maximum Gasteiger partial charge on any atom is 0.472 e. The molecule has 0 radical (unpaired) electrons. The number of carbonyl (C=O) groups is 4. The van der Waals surface area contributed by atoms with Gasteiger partial charge in [0.25, 0.3) is 0 Å². The zero-order valence-electron chi connectivity index (χ0n) is 60.9. The standard InChI is InChI=1S/C79H132O17P2/c1-5-9-13-17-21-25-29-32-34-35-36-37-39-41-45-48-52-56-60-64-77(82)90-70-75(96-79(84)66-62-58-54-50-46-42-38-33-30-26-22-18-14-10-6-2)72-94-98(87,88)92-68-73(80)67-91-97(85,86)93-71-74(95-78(83)65-61-57-53-49-43-28-24-20-16-12-8-4)69-89-76(81)63-59-55-51-47-44-40-31-27-23-19-15-11-7-3/h9-10,13-14,21-22,25-26,32-34,36-38,41,45-46,50,52,56,58,62,73-75,80H,5-8,11-12,15-20,23-24,27-31,35,39-40,42-44,47-49,51,53-55,57,59-61,63-72H2,1-4H3,(H,85,86)(H,87,88)/b13-9-,14-10-,25-21-,26-22-,34-32-,37-36-,38-33-,45-41-,50-46-,56-52-,62-58-. The fourth-order valence-corrected chi connectivity index (χ4v) is 11.1. The molecule has 0 rings (SSSR count). The molecule has 0 fully saturated rings. The Kier molecular flexibility index (Phi) is 67.2. The van der Waals surface area contributed by atoms with Crippen molar-refractivity contribution in [3.63, 3.8) is 0 Å². The highest BCUT2D eigenvalue weighted by Crippen LogP contribution is 2.45. The number of esters is 4. The molecule has 0 aromatic carbocycles. The zero-order chi connectivity index (χ0) is 71.8. The normalized spacial score (nSPS) is 14.7. The van der Waals surface area contributed by atoms with E-state index >= 15 is 0 Å². The first kappa shape index (κ1) is 93.2. The summed E-state index contributed by atoms with van der Waals surface area (Å²) in [6.45, 7) is 4.43. The average molecular weight is 1420 g/mol. The second kappa shape index (κ2) is 70.6. The first-order chi connectivity index (χ1) is 47.7. The lowest BCUT2D eigenvalue weighted by molar-refractivity contribution is -0.161. The van der Waals surface area contributed by atoms with E-state index in [-0.39, 0.29) is 25.7 Å². The van der Waals surface area contributed by atoms with Gasteiger partial charge in [-0.05, 0) is 89.9 Å². The van der Waals surface area contributed by atoms with E-state index in [0.29, 0.717) is 32.1 Å². The van der Waals surface area contributed by atoms with Crippen molar-refractivity contribution >= 4 is 39.5 Å². The number of rotatable bonds is 69. The minimum Gasteiger partial charge on any atom is -0.462 e. The third-order valence-electron chi connectivity index (χ3n) is 15.2. The Labute approximate surface area is 593 Å². The quantitative estimate of drug-likeness (QED) is 0.0169. The summed E-state index contributed by atoms with van der Waals surface area (Å²) in [5.41, 5.74) is 0. The van der Waals surface area contributed by atoms with E-state index < -0.39 is 97.5 Å². The van der Waals surface area contributed by atoms with Gasteiger partial charge in [0.05, 0.1) is 32.8 Å². The van der Waals surface area contributed by atoms with Gasteiger partial charge >= 0.3 is 39.5 Å². The van der Waals surface area contributed by atoms with E-state index in [1.165, 1.54) is 96.3 Å². The van der Waals surface area contributed by atoms with Crippen LogP contribution in [0, 0.1) is 0 Å². The van der Waals surface area contributed by atoms with E-state index in [1.54, 1.807) is 12.2 Å². The third-order valence-corrected chi connectivity index (χ3v) is 17.1. The van der Waals surface area contributed by atoms with E-state index in [4.69, 9.17) is 37.0 Å². The molecule has 0 aliphatic heterocycles. The minimum atomic E-state index is -5.01. The minimum absolute atomic E-state index is 0.0135. The van der Waals surface area contributed by atoms with Gasteiger partial charge in [-0.2, -0.15) is 0 Å². The molecule has 0 saturated heterocycles. The monoisotopic (exact) mass is 1410 g/mol. The molecule has 3 N–H and O–H groups in total. The lowest BCUT2D eigenvalue weighted by Crippen LogP contribution is -2.30. The van der Waals surface area contributed by atoms with E-state index in [2.05, 4.69) is 119 Å². The molecule has 0 aromatic rings. The second-order valence-corrected chi connectivity index (χ2v) is 27.4. The van der Waals surface area contributed by atoms with E-state index in [0.717, 1.165) is 103 Å². The molecule has 560 valence electrons. The smallest absolute Gasteiger partial charge is 0.462 e. The maximum atomic E-state index is 13.0. The summed E-state index contributed by atoms with van der Waals surface area (Å²) in [7, 11) is -9.99. The molecular formula is C79H132O17P2. The van der Waals surface area contributed by atoms with Crippen LogP contribution >= 0.6 is 15.6 Å². The predicted octanol–water partition coefficient (Wildman–Crippen LogP) is 21.3. The molecule has 0 aromatic heterocycles. The van der Waals surface area contributed by atoms with Crippen molar-refractivity contribution in [1.29, 1.82) is 0 Å². The Morgan fingerprint density at radius 2 is 0.571 bits per heavy atom. The van der Waals surface area contributed by atoms with E-state index in [9.17, 15) is 43.2 Å². The molecule has 0 saturated carbocycles. The van der Waals surface area contributed by atoms with Gasteiger partial charge in [0, 0.05) is 19.3 Å².